The maximum atomic E-state index is 12.9. The van der Waals surface area contributed by atoms with Crippen molar-refractivity contribution in [1.29, 1.82) is 0 Å². The summed E-state index contributed by atoms with van der Waals surface area (Å²) in [5, 5.41) is 10.5. The second-order valence-electron chi connectivity index (χ2n) is 6.95. The number of esters is 1. The van der Waals surface area contributed by atoms with Crippen molar-refractivity contribution in [3.05, 3.63) is 76.6 Å². The minimum atomic E-state index is -0.707. The Morgan fingerprint density at radius 3 is 2.41 bits per heavy atom. The quantitative estimate of drug-likeness (QED) is 0.759. The van der Waals surface area contributed by atoms with Crippen molar-refractivity contribution in [1.82, 2.24) is 0 Å². The zero-order valence-electron chi connectivity index (χ0n) is 16.6. The van der Waals surface area contributed by atoms with Gasteiger partial charge in [0.2, 0.25) is 0 Å². The van der Waals surface area contributed by atoms with Crippen molar-refractivity contribution >= 4 is 23.3 Å². The minimum Gasteiger partial charge on any atom is -0.503 e. The number of amides is 1. The van der Waals surface area contributed by atoms with E-state index in [-0.39, 0.29) is 30.2 Å². The second-order valence-corrected chi connectivity index (χ2v) is 6.95. The average molecular weight is 393 g/mol. The Kier molecular flexibility index (Phi) is 5.82. The Hall–Kier alpha value is -3.41. The van der Waals surface area contributed by atoms with E-state index in [2.05, 4.69) is 4.74 Å². The molecule has 0 aromatic heterocycles. The molecule has 0 spiro atoms. The Morgan fingerprint density at radius 2 is 1.83 bits per heavy atom. The van der Waals surface area contributed by atoms with Gasteiger partial charge in [-0.1, -0.05) is 48.9 Å². The van der Waals surface area contributed by atoms with E-state index in [1.807, 2.05) is 31.2 Å². The van der Waals surface area contributed by atoms with Gasteiger partial charge in [-0.05, 0) is 30.2 Å². The summed E-state index contributed by atoms with van der Waals surface area (Å²) in [4.78, 5) is 38.4. The highest BCUT2D eigenvalue weighted by Crippen LogP contribution is 2.41. The number of carbonyl (C=O) groups is 3. The number of benzene rings is 2. The van der Waals surface area contributed by atoms with Crippen LogP contribution in [-0.2, 0) is 25.5 Å². The molecule has 1 unspecified atom stereocenters. The number of Topliss-reactive ketones (excluding diaryl/α,β-unsaturated/α-hetero) is 1. The van der Waals surface area contributed by atoms with Crippen molar-refractivity contribution in [2.24, 2.45) is 0 Å². The summed E-state index contributed by atoms with van der Waals surface area (Å²) in [6.07, 6.45) is 0.302. The van der Waals surface area contributed by atoms with E-state index in [0.29, 0.717) is 5.69 Å². The lowest BCUT2D eigenvalue weighted by molar-refractivity contribution is -0.139. The van der Waals surface area contributed by atoms with Gasteiger partial charge in [-0.15, -0.1) is 0 Å². The maximum absolute atomic E-state index is 12.9. The number of ether oxygens (including phenoxy) is 1. The largest absolute Gasteiger partial charge is 0.503 e. The SMILES string of the molecule is CCC(=O)C1=C(O)C(=O)N(c2ccc(CC(=O)OC)cc2)C1c1cccc(C)c1. The van der Waals surface area contributed by atoms with Crippen LogP contribution in [0.25, 0.3) is 0 Å². The highest BCUT2D eigenvalue weighted by Gasteiger charge is 2.43. The molecule has 1 heterocycles. The maximum Gasteiger partial charge on any atom is 0.309 e. The molecule has 0 radical (unpaired) electrons. The third-order valence-corrected chi connectivity index (χ3v) is 4.98. The van der Waals surface area contributed by atoms with Crippen LogP contribution in [0.1, 0.15) is 36.1 Å². The van der Waals surface area contributed by atoms with Gasteiger partial charge in [0.1, 0.15) is 0 Å². The van der Waals surface area contributed by atoms with Gasteiger partial charge in [-0.25, -0.2) is 0 Å². The van der Waals surface area contributed by atoms with Crippen LogP contribution in [0.15, 0.2) is 59.9 Å². The normalized spacial score (nSPS) is 16.3. The van der Waals surface area contributed by atoms with Gasteiger partial charge in [-0.2, -0.15) is 0 Å². The molecule has 6 heteroatoms. The molecular weight excluding hydrogens is 370 g/mol. The Balaban J connectivity index is 2.05. The molecule has 0 saturated heterocycles. The third-order valence-electron chi connectivity index (χ3n) is 4.98. The van der Waals surface area contributed by atoms with E-state index in [1.54, 1.807) is 31.2 Å². The van der Waals surface area contributed by atoms with Crippen molar-refractivity contribution in [3.63, 3.8) is 0 Å². The van der Waals surface area contributed by atoms with Gasteiger partial charge in [-0.3, -0.25) is 19.3 Å². The van der Waals surface area contributed by atoms with Gasteiger partial charge in [0, 0.05) is 12.1 Å². The molecule has 1 N–H and O–H groups in total. The predicted octanol–water partition coefficient (Wildman–Crippen LogP) is 3.59. The van der Waals surface area contributed by atoms with Gasteiger partial charge in [0.05, 0.1) is 25.1 Å². The van der Waals surface area contributed by atoms with E-state index in [0.717, 1.165) is 16.7 Å². The second kappa shape index (κ2) is 8.31. The summed E-state index contributed by atoms with van der Waals surface area (Å²) in [6, 6.07) is 13.7. The van der Waals surface area contributed by atoms with E-state index in [1.165, 1.54) is 12.0 Å². The van der Waals surface area contributed by atoms with E-state index < -0.39 is 17.7 Å². The molecule has 0 aliphatic carbocycles. The van der Waals surface area contributed by atoms with Crippen molar-refractivity contribution in [2.75, 3.05) is 12.0 Å². The van der Waals surface area contributed by atoms with Gasteiger partial charge in [0.15, 0.2) is 11.5 Å². The number of aliphatic hydroxyl groups excluding tert-OH is 1. The van der Waals surface area contributed by atoms with E-state index in [4.69, 9.17) is 0 Å². The lowest BCUT2D eigenvalue weighted by Gasteiger charge is -2.27. The van der Waals surface area contributed by atoms with Crippen LogP contribution in [0, 0.1) is 6.92 Å². The molecule has 0 fully saturated rings. The summed E-state index contributed by atoms with van der Waals surface area (Å²) in [5.74, 6) is -1.76. The molecule has 150 valence electrons. The first kappa shape index (κ1) is 20.3. The fourth-order valence-corrected chi connectivity index (χ4v) is 3.52. The van der Waals surface area contributed by atoms with Crippen LogP contribution in [0.4, 0.5) is 5.69 Å². The first-order chi connectivity index (χ1) is 13.9. The molecule has 2 aromatic carbocycles. The Labute approximate surface area is 169 Å². The highest BCUT2D eigenvalue weighted by molar-refractivity contribution is 6.16. The number of rotatable bonds is 6. The average Bonchev–Trinajstić information content (AvgIpc) is 2.99. The first-order valence-corrected chi connectivity index (χ1v) is 9.39. The van der Waals surface area contributed by atoms with Crippen LogP contribution in [-0.4, -0.2) is 29.9 Å². The smallest absolute Gasteiger partial charge is 0.309 e. The van der Waals surface area contributed by atoms with Crippen LogP contribution in [0.2, 0.25) is 0 Å². The summed E-state index contributed by atoms with van der Waals surface area (Å²) >= 11 is 0. The lowest BCUT2D eigenvalue weighted by atomic mass is 9.94. The third kappa shape index (κ3) is 3.92. The zero-order valence-corrected chi connectivity index (χ0v) is 16.6. The number of anilines is 1. The molecule has 3 rings (SSSR count). The fraction of sp³-hybridized carbons (Fsp3) is 0.261. The molecule has 0 saturated carbocycles. The molecule has 29 heavy (non-hydrogen) atoms. The highest BCUT2D eigenvalue weighted by atomic mass is 16.5. The Bertz CT molecular complexity index is 991. The number of aryl methyl sites for hydroxylation is 1. The summed E-state index contributed by atoms with van der Waals surface area (Å²) in [6.45, 7) is 3.63. The van der Waals surface area contributed by atoms with Crippen molar-refractivity contribution in [3.8, 4) is 0 Å². The summed E-state index contributed by atoms with van der Waals surface area (Å²) < 4.78 is 4.67. The number of hydrogen-bond acceptors (Lipinski definition) is 5. The molecule has 0 bridgehead atoms. The van der Waals surface area contributed by atoms with Gasteiger partial charge in [0.25, 0.3) is 5.91 Å². The fourth-order valence-electron chi connectivity index (χ4n) is 3.52. The molecule has 6 nitrogen and oxygen atoms in total. The van der Waals surface area contributed by atoms with Crippen molar-refractivity contribution < 1.29 is 24.2 Å². The lowest BCUT2D eigenvalue weighted by Crippen LogP contribution is -2.31. The predicted molar refractivity (Wildman–Crippen MR) is 109 cm³/mol. The molecule has 1 aliphatic rings. The Morgan fingerprint density at radius 1 is 1.14 bits per heavy atom. The number of methoxy groups -OCH3 is 1. The summed E-state index contributed by atoms with van der Waals surface area (Å²) in [5.41, 5.74) is 3.11. The minimum absolute atomic E-state index is 0.113. The molecule has 1 atom stereocenters. The number of carbonyl (C=O) groups excluding carboxylic acids is 3. The molecular formula is C23H23NO5. The van der Waals surface area contributed by atoms with Gasteiger partial charge < -0.3 is 9.84 Å². The molecule has 1 amide bonds. The van der Waals surface area contributed by atoms with Crippen LogP contribution in [0.3, 0.4) is 0 Å². The molecule has 2 aromatic rings. The van der Waals surface area contributed by atoms with E-state index in [9.17, 15) is 19.5 Å². The monoisotopic (exact) mass is 393 g/mol. The first-order valence-electron chi connectivity index (χ1n) is 9.39. The number of ketones is 1. The van der Waals surface area contributed by atoms with Gasteiger partial charge >= 0.3 is 5.97 Å². The zero-order chi connectivity index (χ0) is 21.1. The number of hydrogen-bond donors (Lipinski definition) is 1. The standard InChI is InChI=1S/C23H23NO5/c1-4-18(25)20-21(16-7-5-6-14(2)12-16)24(23(28)22(20)27)17-10-8-15(9-11-17)13-19(26)29-3/h5-12,21,27H,4,13H2,1-3H3. The summed E-state index contributed by atoms with van der Waals surface area (Å²) in [7, 11) is 1.33. The van der Waals surface area contributed by atoms with Crippen LogP contribution < -0.4 is 4.90 Å². The number of nitrogens with zero attached hydrogens (tertiary/aromatic N) is 1. The molecule has 1 aliphatic heterocycles. The number of aliphatic hydroxyl groups is 1. The van der Waals surface area contributed by atoms with Crippen LogP contribution >= 0.6 is 0 Å². The van der Waals surface area contributed by atoms with E-state index >= 15 is 0 Å². The van der Waals surface area contributed by atoms with Crippen molar-refractivity contribution in [2.45, 2.75) is 32.7 Å². The van der Waals surface area contributed by atoms with Crippen LogP contribution in [0.5, 0.6) is 0 Å². The topological polar surface area (TPSA) is 83.9 Å².